The van der Waals surface area contributed by atoms with Gasteiger partial charge in [0, 0.05) is 5.57 Å². The molecule has 0 aromatic heterocycles. The quantitative estimate of drug-likeness (QED) is 0.616. The van der Waals surface area contributed by atoms with Crippen LogP contribution >= 0.6 is 0 Å². The molecule has 2 N–H and O–H groups in total. The number of carboxylic acids is 2. The Morgan fingerprint density at radius 2 is 1.65 bits per heavy atom. The molecule has 0 atom stereocenters. The number of hydrogen-bond donors (Lipinski definition) is 2. The van der Waals surface area contributed by atoms with Crippen molar-refractivity contribution in [1.29, 1.82) is 0 Å². The van der Waals surface area contributed by atoms with Crippen LogP contribution in [0.5, 0.6) is 0 Å². The summed E-state index contributed by atoms with van der Waals surface area (Å²) in [7, 11) is 0. The molecule has 0 fully saturated rings. The summed E-state index contributed by atoms with van der Waals surface area (Å²) in [5.74, 6) is -2.49. The fraction of sp³-hybridized carbons (Fsp3) is 0.0769. The SMILES string of the molecule is C/C(C(=O)O)=C(/C=C/c1ccccc1)C(=O)O. The molecule has 17 heavy (non-hydrogen) atoms. The van der Waals surface area contributed by atoms with E-state index >= 15 is 0 Å². The Balaban J connectivity index is 3.05. The van der Waals surface area contributed by atoms with Gasteiger partial charge in [0.25, 0.3) is 0 Å². The van der Waals surface area contributed by atoms with Crippen molar-refractivity contribution < 1.29 is 19.8 Å². The third kappa shape index (κ3) is 3.61. The first-order valence-corrected chi connectivity index (χ1v) is 4.93. The molecule has 1 rings (SSSR count). The summed E-state index contributed by atoms with van der Waals surface area (Å²) >= 11 is 0. The van der Waals surface area contributed by atoms with E-state index in [4.69, 9.17) is 10.2 Å². The smallest absolute Gasteiger partial charge is 0.336 e. The number of carboxylic acid groups (broad SMARTS) is 2. The Morgan fingerprint density at radius 1 is 1.06 bits per heavy atom. The van der Waals surface area contributed by atoms with E-state index in [1.807, 2.05) is 18.2 Å². The summed E-state index contributed by atoms with van der Waals surface area (Å²) in [5.41, 5.74) is 0.399. The molecule has 0 heterocycles. The minimum atomic E-state index is -1.25. The molecular weight excluding hydrogens is 220 g/mol. The third-order valence-electron chi connectivity index (χ3n) is 2.20. The van der Waals surface area contributed by atoms with Gasteiger partial charge in [-0.2, -0.15) is 0 Å². The van der Waals surface area contributed by atoms with Crippen LogP contribution in [0.3, 0.4) is 0 Å². The second kappa shape index (κ2) is 5.65. The van der Waals surface area contributed by atoms with Crippen LogP contribution in [0, 0.1) is 0 Å². The lowest BCUT2D eigenvalue weighted by molar-refractivity contribution is -0.135. The lowest BCUT2D eigenvalue weighted by Gasteiger charge is -1.99. The highest BCUT2D eigenvalue weighted by Gasteiger charge is 2.12. The van der Waals surface area contributed by atoms with Crippen LogP contribution < -0.4 is 0 Å². The molecule has 0 radical (unpaired) electrons. The first-order valence-electron chi connectivity index (χ1n) is 4.93. The Bertz CT molecular complexity index is 483. The molecule has 0 unspecified atom stereocenters. The number of carbonyl (C=O) groups is 2. The van der Waals surface area contributed by atoms with Gasteiger partial charge in [-0.3, -0.25) is 0 Å². The highest BCUT2D eigenvalue weighted by atomic mass is 16.4. The Labute approximate surface area is 98.5 Å². The minimum Gasteiger partial charge on any atom is -0.478 e. The van der Waals surface area contributed by atoms with Crippen LogP contribution in [0.15, 0.2) is 47.6 Å². The van der Waals surface area contributed by atoms with Gasteiger partial charge in [-0.05, 0) is 18.6 Å². The molecule has 0 saturated heterocycles. The monoisotopic (exact) mass is 232 g/mol. The van der Waals surface area contributed by atoms with E-state index in [0.717, 1.165) is 5.56 Å². The average molecular weight is 232 g/mol. The molecule has 0 aliphatic rings. The molecule has 4 nitrogen and oxygen atoms in total. The van der Waals surface area contributed by atoms with Crippen molar-refractivity contribution >= 4 is 18.0 Å². The summed E-state index contributed by atoms with van der Waals surface area (Å²) in [6.45, 7) is 1.26. The van der Waals surface area contributed by atoms with Crippen molar-refractivity contribution in [1.82, 2.24) is 0 Å². The van der Waals surface area contributed by atoms with Crippen molar-refractivity contribution in [3.05, 3.63) is 53.1 Å². The van der Waals surface area contributed by atoms with Crippen LogP contribution in [-0.2, 0) is 9.59 Å². The van der Waals surface area contributed by atoms with Crippen molar-refractivity contribution in [2.24, 2.45) is 0 Å². The van der Waals surface area contributed by atoms with Crippen molar-refractivity contribution in [3.63, 3.8) is 0 Å². The van der Waals surface area contributed by atoms with Crippen LogP contribution in [-0.4, -0.2) is 22.2 Å². The largest absolute Gasteiger partial charge is 0.478 e. The molecule has 1 aromatic carbocycles. The molecule has 0 aliphatic carbocycles. The maximum Gasteiger partial charge on any atom is 0.336 e. The van der Waals surface area contributed by atoms with E-state index < -0.39 is 11.9 Å². The Hall–Kier alpha value is -2.36. The predicted octanol–water partition coefficient (Wildman–Crippen LogP) is 2.19. The molecule has 0 aliphatic heterocycles. The van der Waals surface area contributed by atoms with E-state index in [-0.39, 0.29) is 11.1 Å². The Kier molecular flexibility index (Phi) is 4.22. The van der Waals surface area contributed by atoms with E-state index in [0.29, 0.717) is 0 Å². The van der Waals surface area contributed by atoms with Gasteiger partial charge in [-0.1, -0.05) is 36.4 Å². The van der Waals surface area contributed by atoms with Crippen LogP contribution in [0.4, 0.5) is 0 Å². The first kappa shape index (κ1) is 12.7. The predicted molar refractivity (Wildman–Crippen MR) is 63.4 cm³/mol. The fourth-order valence-corrected chi connectivity index (χ4v) is 1.22. The second-order valence-electron chi connectivity index (χ2n) is 3.39. The van der Waals surface area contributed by atoms with Gasteiger partial charge in [0.1, 0.15) is 0 Å². The summed E-state index contributed by atoms with van der Waals surface area (Å²) in [6, 6.07) is 9.06. The molecule has 1 aromatic rings. The van der Waals surface area contributed by atoms with Gasteiger partial charge in [0.2, 0.25) is 0 Å². The van der Waals surface area contributed by atoms with Gasteiger partial charge in [0.15, 0.2) is 0 Å². The third-order valence-corrected chi connectivity index (χ3v) is 2.20. The number of aliphatic carboxylic acids is 2. The first-order chi connectivity index (χ1) is 8.02. The maximum absolute atomic E-state index is 10.9. The van der Waals surface area contributed by atoms with Gasteiger partial charge in [-0.15, -0.1) is 0 Å². The van der Waals surface area contributed by atoms with Gasteiger partial charge in [-0.25, -0.2) is 9.59 Å². The lowest BCUT2D eigenvalue weighted by atomic mass is 10.1. The highest BCUT2D eigenvalue weighted by molar-refractivity contribution is 6.01. The normalized spacial score (nSPS) is 12.3. The second-order valence-corrected chi connectivity index (χ2v) is 3.39. The fourth-order valence-electron chi connectivity index (χ4n) is 1.22. The molecule has 0 bridgehead atoms. The lowest BCUT2D eigenvalue weighted by Crippen LogP contribution is -2.07. The van der Waals surface area contributed by atoms with Gasteiger partial charge >= 0.3 is 11.9 Å². The summed E-state index contributed by atoms with van der Waals surface area (Å²) < 4.78 is 0. The highest BCUT2D eigenvalue weighted by Crippen LogP contribution is 2.10. The molecule has 0 amide bonds. The molecular formula is C13H12O4. The van der Waals surface area contributed by atoms with E-state index in [2.05, 4.69) is 0 Å². The Morgan fingerprint density at radius 3 is 2.12 bits per heavy atom. The van der Waals surface area contributed by atoms with Crippen LogP contribution in [0.1, 0.15) is 12.5 Å². The average Bonchev–Trinajstić information content (AvgIpc) is 2.29. The molecule has 0 saturated carbocycles. The van der Waals surface area contributed by atoms with Crippen molar-refractivity contribution in [2.75, 3.05) is 0 Å². The van der Waals surface area contributed by atoms with E-state index in [1.165, 1.54) is 13.0 Å². The molecule has 0 spiro atoms. The molecule has 4 heteroatoms. The van der Waals surface area contributed by atoms with Gasteiger partial charge < -0.3 is 10.2 Å². The minimum absolute atomic E-state index is 0.190. The van der Waals surface area contributed by atoms with E-state index in [9.17, 15) is 9.59 Å². The number of rotatable bonds is 4. The summed E-state index contributed by atoms with van der Waals surface area (Å²) in [5, 5.41) is 17.6. The number of benzene rings is 1. The summed E-state index contributed by atoms with van der Waals surface area (Å²) in [4.78, 5) is 21.6. The zero-order valence-electron chi connectivity index (χ0n) is 9.25. The molecule has 88 valence electrons. The summed E-state index contributed by atoms with van der Waals surface area (Å²) in [6.07, 6.45) is 2.86. The zero-order chi connectivity index (χ0) is 12.8. The maximum atomic E-state index is 10.9. The van der Waals surface area contributed by atoms with Gasteiger partial charge in [0.05, 0.1) is 5.57 Å². The van der Waals surface area contributed by atoms with Crippen LogP contribution in [0.25, 0.3) is 6.08 Å². The van der Waals surface area contributed by atoms with Crippen molar-refractivity contribution in [3.8, 4) is 0 Å². The number of hydrogen-bond acceptors (Lipinski definition) is 2. The van der Waals surface area contributed by atoms with E-state index in [1.54, 1.807) is 18.2 Å². The topological polar surface area (TPSA) is 74.6 Å². The van der Waals surface area contributed by atoms with Crippen molar-refractivity contribution in [2.45, 2.75) is 6.92 Å². The standard InChI is InChI=1S/C13H12O4/c1-9(12(14)15)11(13(16)17)8-7-10-5-3-2-4-6-10/h2-8H,1H3,(H,14,15)(H,16,17)/b8-7+,11-9+. The van der Waals surface area contributed by atoms with Crippen LogP contribution in [0.2, 0.25) is 0 Å². The zero-order valence-corrected chi connectivity index (χ0v) is 9.25.